The van der Waals surface area contributed by atoms with Crippen molar-refractivity contribution in [2.75, 3.05) is 19.6 Å². The van der Waals surface area contributed by atoms with Crippen molar-refractivity contribution in [3.8, 4) is 0 Å². The van der Waals surface area contributed by atoms with Crippen LogP contribution in [0, 0.1) is 0 Å². The molecule has 21 heavy (non-hydrogen) atoms. The summed E-state index contributed by atoms with van der Waals surface area (Å²) in [5.74, 6) is 0.763. The Labute approximate surface area is 124 Å². The fourth-order valence-corrected chi connectivity index (χ4v) is 3.03. The minimum atomic E-state index is -0.0448. The zero-order valence-electron chi connectivity index (χ0n) is 12.4. The van der Waals surface area contributed by atoms with E-state index in [1.54, 1.807) is 0 Å². The minimum absolute atomic E-state index is 0.0448. The summed E-state index contributed by atoms with van der Waals surface area (Å²) in [7, 11) is 0. The first kappa shape index (κ1) is 14.2. The molecule has 1 aliphatic heterocycles. The summed E-state index contributed by atoms with van der Waals surface area (Å²) in [6.07, 6.45) is 2.27. The van der Waals surface area contributed by atoms with Gasteiger partial charge in [0, 0.05) is 12.6 Å². The van der Waals surface area contributed by atoms with E-state index in [1.807, 2.05) is 24.3 Å². The molecule has 5 nitrogen and oxygen atoms in total. The molecule has 1 unspecified atom stereocenters. The molecule has 1 aromatic heterocycles. The van der Waals surface area contributed by atoms with Gasteiger partial charge in [-0.05, 0) is 38.1 Å². The molecule has 2 N–H and O–H groups in total. The predicted molar refractivity (Wildman–Crippen MR) is 84.3 cm³/mol. The molecule has 2 aromatic rings. The summed E-state index contributed by atoms with van der Waals surface area (Å²) in [5.41, 5.74) is 0.730. The first-order valence-corrected chi connectivity index (χ1v) is 7.70. The van der Waals surface area contributed by atoms with Crippen molar-refractivity contribution >= 4 is 10.9 Å². The van der Waals surface area contributed by atoms with E-state index in [2.05, 4.69) is 27.1 Å². The minimum Gasteiger partial charge on any atom is -0.315 e. The summed E-state index contributed by atoms with van der Waals surface area (Å²) in [5, 5.41) is 4.06. The van der Waals surface area contributed by atoms with Crippen molar-refractivity contribution in [3.63, 3.8) is 0 Å². The third-order valence-electron chi connectivity index (χ3n) is 4.08. The normalized spacial score (nSPS) is 18.7. The molecule has 0 saturated carbocycles. The average Bonchev–Trinajstić information content (AvgIpc) is 3.01. The van der Waals surface area contributed by atoms with E-state index in [4.69, 9.17) is 0 Å². The van der Waals surface area contributed by atoms with Crippen LogP contribution in [-0.4, -0.2) is 40.5 Å². The van der Waals surface area contributed by atoms with Gasteiger partial charge in [0.2, 0.25) is 0 Å². The van der Waals surface area contributed by atoms with Crippen LogP contribution >= 0.6 is 0 Å². The molecule has 0 bridgehead atoms. The Morgan fingerprint density at radius 1 is 1.38 bits per heavy atom. The maximum Gasteiger partial charge on any atom is 0.258 e. The fraction of sp³-hybridized carbons (Fsp3) is 0.500. The Kier molecular flexibility index (Phi) is 4.31. The summed E-state index contributed by atoms with van der Waals surface area (Å²) in [6, 6.07) is 8.04. The third-order valence-corrected chi connectivity index (χ3v) is 4.08. The van der Waals surface area contributed by atoms with Crippen LogP contribution in [0.2, 0.25) is 0 Å². The second-order valence-electron chi connectivity index (χ2n) is 5.65. The van der Waals surface area contributed by atoms with Crippen LogP contribution in [0.3, 0.4) is 0 Å². The van der Waals surface area contributed by atoms with Gasteiger partial charge in [-0.3, -0.25) is 9.69 Å². The van der Waals surface area contributed by atoms with Crippen LogP contribution in [0.4, 0.5) is 0 Å². The lowest BCUT2D eigenvalue weighted by molar-refractivity contribution is 0.195. The first-order chi connectivity index (χ1) is 10.3. The van der Waals surface area contributed by atoms with Gasteiger partial charge in [-0.25, -0.2) is 4.98 Å². The van der Waals surface area contributed by atoms with Crippen molar-refractivity contribution in [2.24, 2.45) is 0 Å². The monoisotopic (exact) mass is 286 g/mol. The Morgan fingerprint density at radius 2 is 2.24 bits per heavy atom. The molecule has 0 amide bonds. The third kappa shape index (κ3) is 3.14. The Bertz CT molecular complexity index is 661. The SMILES string of the molecule is CCCN(Cc1nc2ccccc2c(=O)[nH]1)C1CCNC1. The lowest BCUT2D eigenvalue weighted by Crippen LogP contribution is -2.37. The number of nitrogens with one attached hydrogen (secondary N) is 2. The highest BCUT2D eigenvalue weighted by Gasteiger charge is 2.22. The molecular formula is C16H22N4O. The molecule has 0 radical (unpaired) electrons. The molecule has 1 aliphatic rings. The molecule has 5 heteroatoms. The number of fused-ring (bicyclic) bond motifs is 1. The van der Waals surface area contributed by atoms with Gasteiger partial charge in [0.05, 0.1) is 17.4 Å². The van der Waals surface area contributed by atoms with Crippen molar-refractivity contribution in [3.05, 3.63) is 40.4 Å². The van der Waals surface area contributed by atoms with Gasteiger partial charge in [0.25, 0.3) is 5.56 Å². The van der Waals surface area contributed by atoms with Crippen LogP contribution < -0.4 is 10.9 Å². The van der Waals surface area contributed by atoms with Crippen LogP contribution in [-0.2, 0) is 6.54 Å². The number of nitrogens with zero attached hydrogens (tertiary/aromatic N) is 2. The summed E-state index contributed by atoms with van der Waals surface area (Å²) < 4.78 is 0. The summed E-state index contributed by atoms with van der Waals surface area (Å²) in [4.78, 5) is 22.1. The maximum atomic E-state index is 12.1. The van der Waals surface area contributed by atoms with Crippen molar-refractivity contribution in [1.29, 1.82) is 0 Å². The Morgan fingerprint density at radius 3 is 3.00 bits per heavy atom. The number of aromatic nitrogens is 2. The molecule has 2 heterocycles. The topological polar surface area (TPSA) is 61.0 Å². The summed E-state index contributed by atoms with van der Waals surface area (Å²) in [6.45, 7) is 6.03. The van der Waals surface area contributed by atoms with Crippen LogP contribution in [0.1, 0.15) is 25.6 Å². The van der Waals surface area contributed by atoms with Gasteiger partial charge >= 0.3 is 0 Å². The second-order valence-corrected chi connectivity index (χ2v) is 5.65. The number of hydrogen-bond donors (Lipinski definition) is 2. The van der Waals surface area contributed by atoms with Crippen molar-refractivity contribution < 1.29 is 0 Å². The quantitative estimate of drug-likeness (QED) is 0.874. The standard InChI is InChI=1S/C16H22N4O/c1-2-9-20(12-7-8-17-10-12)11-15-18-14-6-4-3-5-13(14)16(21)19-15/h3-6,12,17H,2,7-11H2,1H3,(H,18,19,21). The second kappa shape index (κ2) is 6.37. The van der Waals surface area contributed by atoms with Gasteiger partial charge in [0.1, 0.15) is 5.82 Å². The Hall–Kier alpha value is -1.72. The van der Waals surface area contributed by atoms with E-state index < -0.39 is 0 Å². The van der Waals surface area contributed by atoms with Crippen LogP contribution in [0.15, 0.2) is 29.1 Å². The van der Waals surface area contributed by atoms with Crippen molar-refractivity contribution in [1.82, 2.24) is 20.2 Å². The number of benzene rings is 1. The molecule has 112 valence electrons. The zero-order chi connectivity index (χ0) is 14.7. The molecule has 1 atom stereocenters. The Balaban J connectivity index is 1.86. The molecule has 1 saturated heterocycles. The molecule has 1 fully saturated rings. The van der Waals surface area contributed by atoms with Gasteiger partial charge < -0.3 is 10.3 Å². The maximum absolute atomic E-state index is 12.1. The zero-order valence-corrected chi connectivity index (χ0v) is 12.4. The predicted octanol–water partition coefficient (Wildman–Crippen LogP) is 1.50. The molecular weight excluding hydrogens is 264 g/mol. The number of para-hydroxylation sites is 1. The highest BCUT2D eigenvalue weighted by Crippen LogP contribution is 2.13. The number of hydrogen-bond acceptors (Lipinski definition) is 4. The molecule has 3 rings (SSSR count). The van der Waals surface area contributed by atoms with Gasteiger partial charge in [-0.1, -0.05) is 19.1 Å². The van der Waals surface area contributed by atoms with Gasteiger partial charge in [0.15, 0.2) is 0 Å². The number of rotatable bonds is 5. The fourth-order valence-electron chi connectivity index (χ4n) is 3.03. The van der Waals surface area contributed by atoms with Gasteiger partial charge in [-0.15, -0.1) is 0 Å². The van der Waals surface area contributed by atoms with Crippen LogP contribution in [0.25, 0.3) is 10.9 Å². The number of aromatic amines is 1. The van der Waals surface area contributed by atoms with Gasteiger partial charge in [-0.2, -0.15) is 0 Å². The van der Waals surface area contributed by atoms with Crippen LogP contribution in [0.5, 0.6) is 0 Å². The largest absolute Gasteiger partial charge is 0.315 e. The van der Waals surface area contributed by atoms with E-state index in [9.17, 15) is 4.79 Å². The lowest BCUT2D eigenvalue weighted by Gasteiger charge is -2.27. The number of H-pyrrole nitrogens is 1. The lowest BCUT2D eigenvalue weighted by atomic mass is 10.2. The van der Waals surface area contributed by atoms with E-state index in [0.29, 0.717) is 18.0 Å². The highest BCUT2D eigenvalue weighted by molar-refractivity contribution is 5.77. The smallest absolute Gasteiger partial charge is 0.258 e. The molecule has 1 aromatic carbocycles. The van der Waals surface area contributed by atoms with E-state index in [-0.39, 0.29) is 5.56 Å². The summed E-state index contributed by atoms with van der Waals surface area (Å²) >= 11 is 0. The average molecular weight is 286 g/mol. The van der Waals surface area contributed by atoms with E-state index in [0.717, 1.165) is 43.8 Å². The first-order valence-electron chi connectivity index (χ1n) is 7.70. The highest BCUT2D eigenvalue weighted by atomic mass is 16.1. The van der Waals surface area contributed by atoms with Crippen molar-refractivity contribution in [2.45, 2.75) is 32.4 Å². The molecule has 0 aliphatic carbocycles. The molecule has 0 spiro atoms. The van der Waals surface area contributed by atoms with E-state index >= 15 is 0 Å². The van der Waals surface area contributed by atoms with E-state index in [1.165, 1.54) is 0 Å².